The fourth-order valence-electron chi connectivity index (χ4n) is 5.47. The maximum Gasteiger partial charge on any atom is 0.410 e. The molecule has 3 aromatic carbocycles. The molecule has 1 fully saturated rings. The summed E-state index contributed by atoms with van der Waals surface area (Å²) in [4.78, 5) is 15.2. The first-order valence-electron chi connectivity index (χ1n) is 11.9. The van der Waals surface area contributed by atoms with Crippen LogP contribution in [-0.2, 0) is 9.47 Å². The summed E-state index contributed by atoms with van der Waals surface area (Å²) in [6.07, 6.45) is 6.96. The third-order valence-corrected chi connectivity index (χ3v) is 7.06. The van der Waals surface area contributed by atoms with Crippen molar-refractivity contribution < 1.29 is 14.3 Å². The predicted molar refractivity (Wildman–Crippen MR) is 133 cm³/mol. The van der Waals surface area contributed by atoms with Crippen molar-refractivity contribution in [3.8, 4) is 11.1 Å². The minimum atomic E-state index is -0.248. The smallest absolute Gasteiger partial charge is 0.410 e. The van der Waals surface area contributed by atoms with E-state index in [1.165, 1.54) is 33.4 Å². The van der Waals surface area contributed by atoms with Crippen LogP contribution in [0.25, 0.3) is 17.2 Å². The van der Waals surface area contributed by atoms with Gasteiger partial charge in [-0.25, -0.2) is 4.79 Å². The molecule has 0 N–H and O–H groups in total. The van der Waals surface area contributed by atoms with Crippen molar-refractivity contribution in [1.29, 1.82) is 0 Å². The van der Waals surface area contributed by atoms with Gasteiger partial charge in [-0.15, -0.1) is 0 Å². The average Bonchev–Trinajstić information content (AvgIpc) is 3.20. The van der Waals surface area contributed by atoms with Crippen molar-refractivity contribution >= 4 is 12.2 Å². The lowest BCUT2D eigenvalue weighted by molar-refractivity contribution is -0.0356. The van der Waals surface area contributed by atoms with Crippen molar-refractivity contribution in [2.45, 2.75) is 24.4 Å². The number of amides is 1. The fourth-order valence-corrected chi connectivity index (χ4v) is 5.47. The number of hydrogen-bond donors (Lipinski definition) is 0. The summed E-state index contributed by atoms with van der Waals surface area (Å²) >= 11 is 0. The van der Waals surface area contributed by atoms with Gasteiger partial charge in [-0.2, -0.15) is 0 Å². The lowest BCUT2D eigenvalue weighted by Gasteiger charge is -2.43. The Hall–Kier alpha value is -3.63. The first-order chi connectivity index (χ1) is 16.8. The Bertz CT molecular complexity index is 1220. The highest BCUT2D eigenvalue weighted by Gasteiger charge is 2.39. The number of fused-ring (bicyclic) bond motifs is 5. The quantitative estimate of drug-likeness (QED) is 0.487. The maximum absolute atomic E-state index is 13.3. The Kier molecular flexibility index (Phi) is 5.52. The topological polar surface area (TPSA) is 38.8 Å². The number of rotatable bonds is 4. The molecule has 4 nitrogen and oxygen atoms in total. The number of allylic oxidation sites excluding steroid dienone is 1. The summed E-state index contributed by atoms with van der Waals surface area (Å²) < 4.78 is 11.7. The van der Waals surface area contributed by atoms with Crippen LogP contribution in [0, 0.1) is 0 Å². The summed E-state index contributed by atoms with van der Waals surface area (Å²) in [6.45, 7) is 1.38. The molecule has 0 saturated carbocycles. The minimum absolute atomic E-state index is 0.00479. The monoisotopic (exact) mass is 449 g/mol. The average molecular weight is 450 g/mol. The lowest BCUT2D eigenvalue weighted by Crippen LogP contribution is -2.56. The molecule has 1 aliphatic carbocycles. The molecular formula is C30H27NO3. The van der Waals surface area contributed by atoms with Crippen molar-refractivity contribution in [3.63, 3.8) is 0 Å². The van der Waals surface area contributed by atoms with Crippen LogP contribution in [0.3, 0.4) is 0 Å². The van der Waals surface area contributed by atoms with Gasteiger partial charge in [0.15, 0.2) is 0 Å². The van der Waals surface area contributed by atoms with Crippen molar-refractivity contribution in [2.75, 3.05) is 19.8 Å². The first-order valence-corrected chi connectivity index (χ1v) is 11.9. The summed E-state index contributed by atoms with van der Waals surface area (Å²) in [6, 6.07) is 27.0. The molecule has 2 bridgehead atoms. The van der Waals surface area contributed by atoms with Crippen LogP contribution in [0.5, 0.6) is 0 Å². The molecule has 3 aliphatic rings. The summed E-state index contributed by atoms with van der Waals surface area (Å²) in [5.74, 6) is 0.0668. The Morgan fingerprint density at radius 3 is 2.26 bits per heavy atom. The summed E-state index contributed by atoms with van der Waals surface area (Å²) in [5, 5.41) is 0. The number of morpholine rings is 1. The zero-order chi connectivity index (χ0) is 22.9. The molecule has 0 radical (unpaired) electrons. The Morgan fingerprint density at radius 1 is 0.882 bits per heavy atom. The van der Waals surface area contributed by atoms with Gasteiger partial charge < -0.3 is 9.47 Å². The van der Waals surface area contributed by atoms with Crippen LogP contribution in [0.1, 0.15) is 29.0 Å². The van der Waals surface area contributed by atoms with E-state index in [1.807, 2.05) is 23.1 Å². The van der Waals surface area contributed by atoms with Gasteiger partial charge in [0, 0.05) is 5.92 Å². The molecule has 2 heterocycles. The predicted octanol–water partition coefficient (Wildman–Crippen LogP) is 6.05. The van der Waals surface area contributed by atoms with Gasteiger partial charge in [0.25, 0.3) is 0 Å². The largest absolute Gasteiger partial charge is 0.448 e. The van der Waals surface area contributed by atoms with Crippen LogP contribution in [-0.4, -0.2) is 42.9 Å². The van der Waals surface area contributed by atoms with Gasteiger partial charge in [0.1, 0.15) is 6.61 Å². The molecule has 170 valence electrons. The van der Waals surface area contributed by atoms with E-state index in [-0.39, 0.29) is 24.1 Å². The highest BCUT2D eigenvalue weighted by molar-refractivity contribution is 5.79. The third kappa shape index (κ3) is 3.84. The van der Waals surface area contributed by atoms with E-state index in [9.17, 15) is 4.79 Å². The lowest BCUT2D eigenvalue weighted by atomic mass is 9.94. The molecule has 0 spiro atoms. The van der Waals surface area contributed by atoms with Gasteiger partial charge in [-0.3, -0.25) is 4.90 Å². The van der Waals surface area contributed by atoms with Crippen LogP contribution in [0.2, 0.25) is 0 Å². The second kappa shape index (κ2) is 8.96. The van der Waals surface area contributed by atoms with Crippen LogP contribution >= 0.6 is 0 Å². The van der Waals surface area contributed by atoms with Crippen molar-refractivity contribution in [3.05, 3.63) is 113 Å². The fraction of sp³-hybridized carbons (Fsp3) is 0.233. The molecular weight excluding hydrogens is 422 g/mol. The molecule has 2 atom stereocenters. The van der Waals surface area contributed by atoms with Crippen LogP contribution < -0.4 is 0 Å². The highest BCUT2D eigenvalue weighted by atomic mass is 16.6. The van der Waals surface area contributed by atoms with Gasteiger partial charge in [0.2, 0.25) is 0 Å². The Morgan fingerprint density at radius 2 is 1.56 bits per heavy atom. The van der Waals surface area contributed by atoms with Crippen LogP contribution in [0.4, 0.5) is 4.79 Å². The zero-order valence-corrected chi connectivity index (χ0v) is 19.0. The van der Waals surface area contributed by atoms with E-state index in [4.69, 9.17) is 9.47 Å². The Balaban J connectivity index is 1.18. The molecule has 6 rings (SSSR count). The zero-order valence-electron chi connectivity index (χ0n) is 19.0. The first kappa shape index (κ1) is 20.9. The number of carbonyl (C=O) groups excluding carboxylic acids is 1. The highest BCUT2D eigenvalue weighted by Crippen LogP contribution is 2.44. The second-order valence-electron chi connectivity index (χ2n) is 9.16. The van der Waals surface area contributed by atoms with Gasteiger partial charge in [-0.05, 0) is 39.8 Å². The standard InChI is InChI=1S/C30H27NO3/c32-30(34-20-29-27-12-6-4-10-25(27)26-11-5-7-13-28(26)29)31-23-16-22(17-24(31)19-33-18-23)15-14-21-8-2-1-3-9-21/h1-16,23-24,29H,17-20H2/b15-14+. The minimum Gasteiger partial charge on any atom is -0.448 e. The number of ether oxygens (including phenoxy) is 2. The van der Waals surface area contributed by atoms with E-state index in [0.29, 0.717) is 19.8 Å². The number of carbonyl (C=O) groups is 1. The number of nitrogens with zero attached hydrogens (tertiary/aromatic N) is 1. The molecule has 3 aromatic rings. The molecule has 2 aliphatic heterocycles. The Labute approximate surface area is 200 Å². The van der Waals surface area contributed by atoms with Crippen molar-refractivity contribution in [2.24, 2.45) is 0 Å². The summed E-state index contributed by atoms with van der Waals surface area (Å²) in [7, 11) is 0. The molecule has 34 heavy (non-hydrogen) atoms. The van der Waals surface area contributed by atoms with E-state index >= 15 is 0 Å². The number of hydrogen-bond acceptors (Lipinski definition) is 3. The molecule has 2 unspecified atom stereocenters. The van der Waals surface area contributed by atoms with Gasteiger partial charge in [-0.1, -0.05) is 97.1 Å². The van der Waals surface area contributed by atoms with E-state index < -0.39 is 0 Å². The van der Waals surface area contributed by atoms with Crippen molar-refractivity contribution in [1.82, 2.24) is 4.90 Å². The molecule has 4 heteroatoms. The molecule has 0 aromatic heterocycles. The third-order valence-electron chi connectivity index (χ3n) is 7.06. The molecule has 1 amide bonds. The van der Waals surface area contributed by atoms with E-state index in [2.05, 4.69) is 78.9 Å². The summed E-state index contributed by atoms with van der Waals surface area (Å²) in [5.41, 5.74) is 7.34. The normalized spacial score (nSPS) is 21.2. The van der Waals surface area contributed by atoms with Crippen LogP contribution in [0.15, 0.2) is 96.6 Å². The maximum atomic E-state index is 13.3. The molecule has 1 saturated heterocycles. The van der Waals surface area contributed by atoms with Gasteiger partial charge in [0.05, 0.1) is 25.3 Å². The van der Waals surface area contributed by atoms with E-state index in [1.54, 1.807) is 0 Å². The number of benzene rings is 3. The SMILES string of the molecule is O=C(OCC1c2ccccc2-c2ccccc21)N1C2C=C(/C=C/c3ccccc3)CC1COC2. The second-order valence-corrected chi connectivity index (χ2v) is 9.16. The van der Waals surface area contributed by atoms with E-state index in [0.717, 1.165) is 6.42 Å². The van der Waals surface area contributed by atoms with Gasteiger partial charge >= 0.3 is 6.09 Å².